The van der Waals surface area contributed by atoms with Gasteiger partial charge in [-0.25, -0.2) is 12.8 Å². The highest BCUT2D eigenvalue weighted by molar-refractivity contribution is 7.89. The van der Waals surface area contributed by atoms with Crippen LogP contribution in [-0.2, 0) is 16.6 Å². The van der Waals surface area contributed by atoms with Crippen molar-refractivity contribution >= 4 is 37.4 Å². The molecule has 148 valence electrons. The summed E-state index contributed by atoms with van der Waals surface area (Å²) in [6.07, 6.45) is 0. The van der Waals surface area contributed by atoms with Gasteiger partial charge in [0.2, 0.25) is 10.0 Å². The number of hydrogen-bond donors (Lipinski definition) is 1. The molecule has 0 atom stereocenters. The van der Waals surface area contributed by atoms with Crippen molar-refractivity contribution in [3.05, 3.63) is 64.8 Å². The summed E-state index contributed by atoms with van der Waals surface area (Å²) in [6.45, 7) is 4.69. The smallest absolute Gasteiger partial charge is 0.261 e. The molecule has 0 aliphatic rings. The number of nitrogens with one attached hydrogen (secondary N) is 1. The molecule has 0 spiro atoms. The first-order valence-corrected chi connectivity index (χ1v) is 11.2. The van der Waals surface area contributed by atoms with Gasteiger partial charge < -0.3 is 5.32 Å². The number of carbonyl (C=O) groups excluding carboxylic acids is 1. The van der Waals surface area contributed by atoms with Crippen molar-refractivity contribution < 1.29 is 17.6 Å². The Kier molecular flexibility index (Phi) is 6.12. The number of hydrogen-bond acceptors (Lipinski definition) is 4. The molecular weight excluding hydrogens is 399 g/mol. The van der Waals surface area contributed by atoms with E-state index in [0.29, 0.717) is 23.4 Å². The van der Waals surface area contributed by atoms with Crippen molar-refractivity contribution in [2.75, 3.05) is 13.1 Å². The summed E-state index contributed by atoms with van der Waals surface area (Å²) in [5.41, 5.74) is 0.791. The van der Waals surface area contributed by atoms with Crippen molar-refractivity contribution in [3.63, 3.8) is 0 Å². The highest BCUT2D eigenvalue weighted by Crippen LogP contribution is 2.26. The summed E-state index contributed by atoms with van der Waals surface area (Å²) >= 11 is 1.30. The first-order chi connectivity index (χ1) is 13.3. The van der Waals surface area contributed by atoms with Crippen LogP contribution in [0.5, 0.6) is 0 Å². The molecule has 1 heterocycles. The Morgan fingerprint density at radius 1 is 1.07 bits per heavy atom. The van der Waals surface area contributed by atoms with E-state index in [9.17, 15) is 17.6 Å². The fourth-order valence-corrected chi connectivity index (χ4v) is 5.30. The van der Waals surface area contributed by atoms with Crippen LogP contribution < -0.4 is 5.32 Å². The minimum absolute atomic E-state index is 0.234. The summed E-state index contributed by atoms with van der Waals surface area (Å²) in [5, 5.41) is 3.51. The monoisotopic (exact) mass is 420 g/mol. The van der Waals surface area contributed by atoms with Crippen LogP contribution in [-0.4, -0.2) is 31.7 Å². The third-order valence-corrected chi connectivity index (χ3v) is 7.60. The zero-order valence-electron chi connectivity index (χ0n) is 15.6. The van der Waals surface area contributed by atoms with Gasteiger partial charge in [0.1, 0.15) is 5.82 Å². The Morgan fingerprint density at radius 2 is 1.75 bits per heavy atom. The lowest BCUT2D eigenvalue weighted by Crippen LogP contribution is -2.30. The Labute approximate surface area is 167 Å². The van der Waals surface area contributed by atoms with Crippen LogP contribution >= 0.6 is 11.3 Å². The largest absolute Gasteiger partial charge is 0.347 e. The van der Waals surface area contributed by atoms with E-state index in [2.05, 4.69) is 5.32 Å². The molecule has 0 fully saturated rings. The summed E-state index contributed by atoms with van der Waals surface area (Å²) < 4.78 is 40.5. The fraction of sp³-hybridized carbons (Fsp3) is 0.250. The number of amides is 1. The summed E-state index contributed by atoms with van der Waals surface area (Å²) in [5.74, 6) is -0.585. The average molecular weight is 421 g/mol. The number of benzene rings is 2. The first-order valence-electron chi connectivity index (χ1n) is 8.91. The van der Waals surface area contributed by atoms with Crippen LogP contribution in [0.3, 0.4) is 0 Å². The van der Waals surface area contributed by atoms with Gasteiger partial charge in [0, 0.05) is 24.3 Å². The van der Waals surface area contributed by atoms with E-state index >= 15 is 0 Å². The van der Waals surface area contributed by atoms with Crippen molar-refractivity contribution in [1.82, 2.24) is 9.62 Å². The van der Waals surface area contributed by atoms with Gasteiger partial charge in [0.15, 0.2) is 0 Å². The number of nitrogens with zero attached hydrogens (tertiary/aromatic N) is 1. The molecule has 3 aromatic rings. The molecule has 8 heteroatoms. The number of rotatable bonds is 7. The highest BCUT2D eigenvalue weighted by atomic mass is 32.2. The topological polar surface area (TPSA) is 66.5 Å². The van der Waals surface area contributed by atoms with Gasteiger partial charge in [-0.3, -0.25) is 4.79 Å². The summed E-state index contributed by atoms with van der Waals surface area (Å²) in [4.78, 5) is 13.1. The van der Waals surface area contributed by atoms with Gasteiger partial charge in [-0.1, -0.05) is 26.0 Å². The lowest BCUT2D eigenvalue weighted by molar-refractivity contribution is 0.0955. The molecule has 0 saturated carbocycles. The van der Waals surface area contributed by atoms with E-state index in [0.717, 1.165) is 10.3 Å². The van der Waals surface area contributed by atoms with Crippen molar-refractivity contribution in [3.8, 4) is 0 Å². The number of carbonyl (C=O) groups is 1. The molecule has 1 amide bonds. The Morgan fingerprint density at radius 3 is 2.39 bits per heavy atom. The minimum Gasteiger partial charge on any atom is -0.347 e. The first kappa shape index (κ1) is 20.4. The number of fused-ring (bicyclic) bond motifs is 1. The van der Waals surface area contributed by atoms with E-state index in [1.54, 1.807) is 50.2 Å². The van der Waals surface area contributed by atoms with Gasteiger partial charge in [0.25, 0.3) is 5.91 Å². The van der Waals surface area contributed by atoms with Crippen LogP contribution in [0.2, 0.25) is 0 Å². The van der Waals surface area contributed by atoms with Crippen LogP contribution in [0.25, 0.3) is 10.1 Å². The lowest BCUT2D eigenvalue weighted by Gasteiger charge is -2.18. The molecular formula is C20H21FN2O3S2. The number of sulfonamides is 1. The SMILES string of the molecule is CCN(CC)S(=O)(=O)c1ccc(CNC(=O)c2cc3cc(F)ccc3s2)cc1. The Hall–Kier alpha value is -2.29. The third kappa shape index (κ3) is 4.24. The second-order valence-corrected chi connectivity index (χ2v) is 9.23. The van der Waals surface area contributed by atoms with Crippen LogP contribution in [0.4, 0.5) is 4.39 Å². The zero-order valence-corrected chi connectivity index (χ0v) is 17.2. The van der Waals surface area contributed by atoms with Crippen LogP contribution in [0.15, 0.2) is 53.4 Å². The van der Waals surface area contributed by atoms with Crippen molar-refractivity contribution in [2.45, 2.75) is 25.3 Å². The summed E-state index contributed by atoms with van der Waals surface area (Å²) in [7, 11) is -3.49. The third-order valence-electron chi connectivity index (χ3n) is 4.42. The van der Waals surface area contributed by atoms with E-state index in [1.807, 2.05) is 0 Å². The minimum atomic E-state index is -3.49. The molecule has 0 aliphatic carbocycles. The van der Waals surface area contributed by atoms with E-state index < -0.39 is 10.0 Å². The van der Waals surface area contributed by atoms with Crippen molar-refractivity contribution in [1.29, 1.82) is 0 Å². The molecule has 0 aliphatic heterocycles. The molecule has 0 unspecified atom stereocenters. The zero-order chi connectivity index (χ0) is 20.3. The molecule has 28 heavy (non-hydrogen) atoms. The number of halogens is 1. The summed E-state index contributed by atoms with van der Waals surface area (Å²) in [6, 6.07) is 12.6. The van der Waals surface area contributed by atoms with E-state index in [1.165, 1.54) is 27.8 Å². The van der Waals surface area contributed by atoms with Crippen molar-refractivity contribution in [2.24, 2.45) is 0 Å². The van der Waals surface area contributed by atoms with E-state index in [4.69, 9.17) is 0 Å². The maximum absolute atomic E-state index is 13.3. The number of thiophene rings is 1. The Bertz CT molecular complexity index is 1090. The van der Waals surface area contributed by atoms with Crippen LogP contribution in [0, 0.1) is 5.82 Å². The fourth-order valence-electron chi connectivity index (χ4n) is 2.89. The van der Waals surface area contributed by atoms with Gasteiger partial charge in [0.05, 0.1) is 9.77 Å². The van der Waals surface area contributed by atoms with Gasteiger partial charge in [-0.05, 0) is 47.3 Å². The molecule has 5 nitrogen and oxygen atoms in total. The maximum atomic E-state index is 13.3. The normalized spacial score (nSPS) is 11.9. The standard InChI is InChI=1S/C20H21FN2O3S2/c1-3-23(4-2)28(25,26)17-8-5-14(6-9-17)13-22-20(24)19-12-15-11-16(21)7-10-18(15)27-19/h5-12H,3-4,13H2,1-2H3,(H,22,24). The molecule has 1 N–H and O–H groups in total. The molecule has 0 bridgehead atoms. The van der Waals surface area contributed by atoms with Gasteiger partial charge >= 0.3 is 0 Å². The Balaban J connectivity index is 1.68. The molecule has 3 rings (SSSR count). The van der Waals surface area contributed by atoms with Gasteiger partial charge in [-0.2, -0.15) is 4.31 Å². The molecule has 0 radical (unpaired) electrons. The second kappa shape index (κ2) is 8.38. The molecule has 1 aromatic heterocycles. The quantitative estimate of drug-likeness (QED) is 0.628. The molecule has 2 aromatic carbocycles. The molecule has 0 saturated heterocycles. The maximum Gasteiger partial charge on any atom is 0.261 e. The second-order valence-electron chi connectivity index (χ2n) is 6.21. The highest BCUT2D eigenvalue weighted by Gasteiger charge is 2.21. The predicted octanol–water partition coefficient (Wildman–Crippen LogP) is 4.00. The van der Waals surface area contributed by atoms with Gasteiger partial charge in [-0.15, -0.1) is 11.3 Å². The predicted molar refractivity (Wildman–Crippen MR) is 110 cm³/mol. The van der Waals surface area contributed by atoms with Crippen LogP contribution in [0.1, 0.15) is 29.1 Å². The van der Waals surface area contributed by atoms with E-state index in [-0.39, 0.29) is 23.2 Å². The lowest BCUT2D eigenvalue weighted by atomic mass is 10.2. The average Bonchev–Trinajstić information content (AvgIpc) is 3.10.